The van der Waals surface area contributed by atoms with Gasteiger partial charge in [-0.1, -0.05) is 32.4 Å². The lowest BCUT2D eigenvalue weighted by Crippen LogP contribution is -2.39. The molecule has 2 aromatic carbocycles. The molecule has 0 saturated carbocycles. The first-order valence-electron chi connectivity index (χ1n) is 14.8. The number of H-pyrrole nitrogens is 2. The van der Waals surface area contributed by atoms with E-state index in [9.17, 15) is 18.8 Å². The highest BCUT2D eigenvalue weighted by molar-refractivity contribution is 6.35. The van der Waals surface area contributed by atoms with Crippen LogP contribution in [0.15, 0.2) is 41.3 Å². The Balaban J connectivity index is 1.26. The maximum Gasteiger partial charge on any atom is 0.251 e. The van der Waals surface area contributed by atoms with Gasteiger partial charge >= 0.3 is 0 Å². The van der Waals surface area contributed by atoms with Crippen LogP contribution in [-0.2, 0) is 22.6 Å². The number of nitrogens with one attached hydrogen (secondary N) is 2. The maximum absolute atomic E-state index is 13.6. The number of carbonyl (C=O) groups is 2. The van der Waals surface area contributed by atoms with Gasteiger partial charge in [-0.15, -0.1) is 0 Å². The lowest BCUT2D eigenvalue weighted by molar-refractivity contribution is -0.134. The maximum atomic E-state index is 13.6. The Bertz CT molecular complexity index is 1700. The molecule has 8 nitrogen and oxygen atoms in total. The van der Waals surface area contributed by atoms with Crippen LogP contribution < -0.4 is 5.56 Å². The Morgan fingerprint density at radius 3 is 2.67 bits per heavy atom. The van der Waals surface area contributed by atoms with E-state index in [1.165, 1.54) is 12.1 Å². The monoisotopic (exact) mass is 607 g/mol. The molecule has 2 N–H and O–H groups in total. The average Bonchev–Trinajstić information content (AvgIpc) is 3.44. The summed E-state index contributed by atoms with van der Waals surface area (Å²) < 4.78 is 13.6. The van der Waals surface area contributed by atoms with Gasteiger partial charge in [-0.05, 0) is 84.5 Å². The van der Waals surface area contributed by atoms with E-state index in [0.717, 1.165) is 40.2 Å². The van der Waals surface area contributed by atoms with Crippen LogP contribution in [0.3, 0.4) is 0 Å². The second-order valence-electron chi connectivity index (χ2n) is 13.1. The van der Waals surface area contributed by atoms with Crippen molar-refractivity contribution in [3.05, 3.63) is 74.4 Å². The van der Waals surface area contributed by atoms with Gasteiger partial charge in [0.15, 0.2) is 0 Å². The average molecular weight is 608 g/mol. The van der Waals surface area contributed by atoms with Crippen LogP contribution in [0.25, 0.3) is 21.8 Å². The van der Waals surface area contributed by atoms with Crippen LogP contribution in [0.1, 0.15) is 62.6 Å². The van der Waals surface area contributed by atoms with E-state index in [0.29, 0.717) is 55.0 Å². The van der Waals surface area contributed by atoms with Gasteiger partial charge in [0.05, 0.1) is 22.3 Å². The minimum atomic E-state index is -0.499. The molecular formula is C33H39ClFN5O3. The largest absolute Gasteiger partial charge is 0.343 e. The predicted molar refractivity (Wildman–Crippen MR) is 168 cm³/mol. The van der Waals surface area contributed by atoms with Crippen molar-refractivity contribution in [2.24, 2.45) is 11.3 Å². The third-order valence-corrected chi connectivity index (χ3v) is 8.60. The van der Waals surface area contributed by atoms with Gasteiger partial charge in [0.2, 0.25) is 5.91 Å². The Labute approximate surface area is 255 Å². The number of fused-ring (bicyclic) bond motifs is 2. The number of piperidine rings is 1. The van der Waals surface area contributed by atoms with Crippen molar-refractivity contribution in [2.75, 3.05) is 26.7 Å². The number of nitrogens with zero attached hydrogens (tertiary/aromatic N) is 3. The summed E-state index contributed by atoms with van der Waals surface area (Å²) in [6.07, 6.45) is 4.44. The summed E-state index contributed by atoms with van der Waals surface area (Å²) in [5, 5.41) is 9.44. The van der Waals surface area contributed by atoms with Crippen molar-refractivity contribution in [3.63, 3.8) is 0 Å². The number of pyridine rings is 1. The van der Waals surface area contributed by atoms with Gasteiger partial charge in [0.25, 0.3) is 5.56 Å². The molecular weight excluding hydrogens is 569 g/mol. The fourth-order valence-electron chi connectivity index (χ4n) is 6.42. The first-order chi connectivity index (χ1) is 20.4. The van der Waals surface area contributed by atoms with Crippen molar-refractivity contribution in [1.82, 2.24) is 25.0 Å². The number of hydrogen-bond acceptors (Lipinski definition) is 5. The van der Waals surface area contributed by atoms with Gasteiger partial charge in [-0.3, -0.25) is 14.7 Å². The van der Waals surface area contributed by atoms with E-state index in [1.54, 1.807) is 17.2 Å². The zero-order valence-corrected chi connectivity index (χ0v) is 25.9. The van der Waals surface area contributed by atoms with Crippen LogP contribution in [0, 0.1) is 17.2 Å². The highest BCUT2D eigenvalue weighted by Crippen LogP contribution is 2.32. The lowest BCUT2D eigenvalue weighted by Gasteiger charge is -2.32. The number of carbonyl (C=O) groups excluding carboxylic acids is 2. The van der Waals surface area contributed by atoms with Gasteiger partial charge < -0.3 is 19.6 Å². The molecule has 228 valence electrons. The number of halogens is 2. The Morgan fingerprint density at radius 1 is 1.23 bits per heavy atom. The molecule has 1 atom stereocenters. The van der Waals surface area contributed by atoms with Crippen LogP contribution in [0.2, 0.25) is 5.02 Å². The van der Waals surface area contributed by atoms with Crippen LogP contribution in [-0.4, -0.2) is 63.9 Å². The van der Waals surface area contributed by atoms with Gasteiger partial charge in [0.1, 0.15) is 12.1 Å². The molecule has 1 aliphatic rings. The molecule has 0 aliphatic carbocycles. The zero-order chi connectivity index (χ0) is 30.9. The minimum absolute atomic E-state index is 0.000552. The fourth-order valence-corrected chi connectivity index (χ4v) is 6.70. The first kappa shape index (κ1) is 30.9. The molecule has 1 aliphatic heterocycles. The van der Waals surface area contributed by atoms with Crippen LogP contribution in [0.5, 0.6) is 0 Å². The van der Waals surface area contributed by atoms with E-state index in [4.69, 9.17) is 11.6 Å². The fraction of sp³-hybridized carbons (Fsp3) is 0.455. The van der Waals surface area contributed by atoms with E-state index in [2.05, 4.69) is 47.9 Å². The topological polar surface area (TPSA) is 102 Å². The molecule has 1 amide bonds. The molecule has 1 unspecified atom stereocenters. The summed E-state index contributed by atoms with van der Waals surface area (Å²) in [7, 11) is 2.07. The second-order valence-corrected chi connectivity index (χ2v) is 13.5. The summed E-state index contributed by atoms with van der Waals surface area (Å²) in [6.45, 7) is 9.13. The molecule has 1 fully saturated rings. The number of aromatic amines is 2. The molecule has 5 rings (SSSR count). The normalized spacial score (nSPS) is 15.5. The van der Waals surface area contributed by atoms with Crippen LogP contribution >= 0.6 is 11.6 Å². The smallest absolute Gasteiger partial charge is 0.251 e. The standard InChI is InChI=1S/C33H39ClFN5O3/c1-33(2,3)19-39(4)17-27-23(14-28(34)31-26(27)16-36-38-31)11-20(18-41)12-30(42)40-9-7-21(8-10-40)25-13-22-5-6-24(35)15-29(22)37-32(25)43/h5-6,13-16,18,20-21H,7-12,17,19H2,1-4H3,(H,36,38)(H,37,43). The van der Waals surface area contributed by atoms with Crippen molar-refractivity contribution in [2.45, 2.75) is 58.9 Å². The Hall–Kier alpha value is -3.56. The molecule has 10 heteroatoms. The lowest BCUT2D eigenvalue weighted by atomic mass is 9.88. The summed E-state index contributed by atoms with van der Waals surface area (Å²) in [6, 6.07) is 8.08. The van der Waals surface area contributed by atoms with Crippen molar-refractivity contribution < 1.29 is 14.0 Å². The molecule has 0 spiro atoms. The number of aldehydes is 1. The Kier molecular flexibility index (Phi) is 9.04. The van der Waals surface area contributed by atoms with Gasteiger partial charge in [-0.2, -0.15) is 5.10 Å². The highest BCUT2D eigenvalue weighted by Gasteiger charge is 2.28. The molecule has 3 heterocycles. The van der Waals surface area contributed by atoms with Crippen molar-refractivity contribution in [1.29, 1.82) is 0 Å². The third-order valence-electron chi connectivity index (χ3n) is 8.30. The summed E-state index contributed by atoms with van der Waals surface area (Å²) >= 11 is 6.60. The molecule has 43 heavy (non-hydrogen) atoms. The highest BCUT2D eigenvalue weighted by atomic mass is 35.5. The minimum Gasteiger partial charge on any atom is -0.343 e. The third kappa shape index (κ3) is 7.16. The van der Waals surface area contributed by atoms with E-state index < -0.39 is 11.7 Å². The molecule has 0 radical (unpaired) electrons. The number of benzene rings is 2. The zero-order valence-electron chi connectivity index (χ0n) is 25.2. The van der Waals surface area contributed by atoms with E-state index in [-0.39, 0.29) is 29.2 Å². The summed E-state index contributed by atoms with van der Waals surface area (Å²) in [5.41, 5.74) is 3.79. The van der Waals surface area contributed by atoms with Gasteiger partial charge in [0, 0.05) is 49.5 Å². The number of likely N-dealkylation sites (tertiary alicyclic amines) is 1. The number of hydrogen-bond donors (Lipinski definition) is 2. The number of aromatic nitrogens is 3. The van der Waals surface area contributed by atoms with Crippen LogP contribution in [0.4, 0.5) is 4.39 Å². The SMILES string of the molecule is CN(Cc1c(CC(C=O)CC(=O)N2CCC(c3cc4ccc(F)cc4[nH]c3=O)CC2)cc(Cl)c2[nH]ncc12)CC(C)(C)C. The summed E-state index contributed by atoms with van der Waals surface area (Å²) in [5.74, 6) is -0.965. The number of amides is 1. The Morgan fingerprint density at radius 2 is 1.98 bits per heavy atom. The first-order valence-corrected chi connectivity index (χ1v) is 15.2. The predicted octanol–water partition coefficient (Wildman–Crippen LogP) is 5.83. The molecule has 4 aromatic rings. The van der Waals surface area contributed by atoms with Gasteiger partial charge in [-0.25, -0.2) is 4.39 Å². The quantitative estimate of drug-likeness (QED) is 0.233. The molecule has 2 aromatic heterocycles. The molecule has 1 saturated heterocycles. The number of rotatable bonds is 9. The second kappa shape index (κ2) is 12.6. The van der Waals surface area contributed by atoms with Crippen molar-refractivity contribution >= 4 is 45.6 Å². The van der Waals surface area contributed by atoms with Crippen molar-refractivity contribution in [3.8, 4) is 0 Å². The summed E-state index contributed by atoms with van der Waals surface area (Å²) in [4.78, 5) is 45.2. The van der Waals surface area contributed by atoms with E-state index >= 15 is 0 Å². The molecule has 0 bridgehead atoms. The van der Waals surface area contributed by atoms with E-state index in [1.807, 2.05) is 12.1 Å².